The minimum atomic E-state index is -0.704. The SMILES string of the molecule is COC(=O)c1cc(NC(=O)c2nc(NC(=O)c3nc(NC(=O)OC(C)(C)C)cn3C)cn2C)cn1C. The second kappa shape index (κ2) is 9.93. The van der Waals surface area contributed by atoms with Gasteiger partial charge in [-0.3, -0.25) is 14.9 Å². The van der Waals surface area contributed by atoms with Gasteiger partial charge in [-0.15, -0.1) is 0 Å². The van der Waals surface area contributed by atoms with Crippen molar-refractivity contribution in [1.82, 2.24) is 23.7 Å². The molecule has 0 aromatic carbocycles. The number of carbonyl (C=O) groups is 4. The molecule has 36 heavy (non-hydrogen) atoms. The molecule has 0 saturated heterocycles. The van der Waals surface area contributed by atoms with Crippen LogP contribution in [0.2, 0.25) is 0 Å². The predicted octanol–water partition coefficient (Wildman–Crippen LogP) is 2.13. The quantitative estimate of drug-likeness (QED) is 0.433. The third-order valence-corrected chi connectivity index (χ3v) is 4.69. The molecule has 14 heteroatoms. The van der Waals surface area contributed by atoms with Crippen LogP contribution < -0.4 is 16.0 Å². The molecular weight excluding hydrogens is 472 g/mol. The molecule has 0 aliphatic carbocycles. The summed E-state index contributed by atoms with van der Waals surface area (Å²) in [5.74, 6) is -1.45. The summed E-state index contributed by atoms with van der Waals surface area (Å²) in [6.45, 7) is 5.18. The summed E-state index contributed by atoms with van der Waals surface area (Å²) in [5, 5.41) is 7.70. The average molecular weight is 501 g/mol. The van der Waals surface area contributed by atoms with E-state index in [-0.39, 0.29) is 29.0 Å². The van der Waals surface area contributed by atoms with Crippen molar-refractivity contribution in [2.75, 3.05) is 23.1 Å². The molecule has 0 fully saturated rings. The van der Waals surface area contributed by atoms with Gasteiger partial charge in [0.1, 0.15) is 11.3 Å². The number of hydrogen-bond acceptors (Lipinski definition) is 8. The molecule has 0 saturated carbocycles. The van der Waals surface area contributed by atoms with E-state index in [4.69, 9.17) is 9.47 Å². The first-order chi connectivity index (χ1) is 16.8. The molecule has 0 bridgehead atoms. The minimum absolute atomic E-state index is 0.00246. The number of ether oxygens (including phenoxy) is 2. The van der Waals surface area contributed by atoms with Crippen LogP contribution in [0.15, 0.2) is 24.7 Å². The zero-order valence-corrected chi connectivity index (χ0v) is 21.0. The summed E-state index contributed by atoms with van der Waals surface area (Å²) in [7, 11) is 6.08. The van der Waals surface area contributed by atoms with Crippen LogP contribution in [0, 0.1) is 0 Å². The molecule has 14 nitrogen and oxygen atoms in total. The molecule has 0 unspecified atom stereocenters. The summed E-state index contributed by atoms with van der Waals surface area (Å²) in [6, 6.07) is 1.47. The van der Waals surface area contributed by atoms with Crippen molar-refractivity contribution in [3.05, 3.63) is 42.0 Å². The molecule has 0 atom stereocenters. The third-order valence-electron chi connectivity index (χ3n) is 4.69. The van der Waals surface area contributed by atoms with E-state index in [1.165, 1.54) is 39.3 Å². The standard InChI is InChI=1S/C22H28N8O6/c1-22(2,3)36-21(34)27-15-11-30(6)17(25-15)19(32)26-14-10-29(5)16(24-14)18(31)23-12-8-13(20(33)35-7)28(4)9-12/h8-11H,1-7H3,(H,23,31)(H,26,32)(H,27,34). The minimum Gasteiger partial charge on any atom is -0.464 e. The van der Waals surface area contributed by atoms with Crippen molar-refractivity contribution in [3.63, 3.8) is 0 Å². The average Bonchev–Trinajstić information content (AvgIpc) is 3.42. The van der Waals surface area contributed by atoms with Crippen molar-refractivity contribution in [2.24, 2.45) is 21.1 Å². The molecule has 0 aliphatic heterocycles. The molecule has 3 N–H and O–H groups in total. The third kappa shape index (κ3) is 6.08. The number of nitrogens with one attached hydrogen (secondary N) is 3. The van der Waals surface area contributed by atoms with Crippen molar-refractivity contribution >= 4 is 41.2 Å². The van der Waals surface area contributed by atoms with Gasteiger partial charge in [-0.1, -0.05) is 0 Å². The molecule has 3 rings (SSSR count). The molecule has 3 amide bonds. The molecular formula is C22H28N8O6. The van der Waals surface area contributed by atoms with Gasteiger partial charge < -0.3 is 33.8 Å². The fourth-order valence-corrected chi connectivity index (χ4v) is 3.18. The first-order valence-electron chi connectivity index (χ1n) is 10.7. The predicted molar refractivity (Wildman–Crippen MR) is 129 cm³/mol. The normalized spacial score (nSPS) is 11.1. The Morgan fingerprint density at radius 2 is 1.33 bits per heavy atom. The Bertz CT molecular complexity index is 1330. The second-order valence-corrected chi connectivity index (χ2v) is 8.87. The van der Waals surface area contributed by atoms with Crippen LogP contribution in [0.1, 0.15) is 52.5 Å². The number of hydrogen-bond donors (Lipinski definition) is 3. The van der Waals surface area contributed by atoms with Crippen LogP contribution >= 0.6 is 0 Å². The van der Waals surface area contributed by atoms with Gasteiger partial charge in [0.05, 0.1) is 12.8 Å². The number of imidazole rings is 2. The highest BCUT2D eigenvalue weighted by atomic mass is 16.6. The summed E-state index contributed by atoms with van der Waals surface area (Å²) in [4.78, 5) is 57.5. The highest BCUT2D eigenvalue weighted by molar-refractivity contribution is 6.04. The van der Waals surface area contributed by atoms with Crippen molar-refractivity contribution in [2.45, 2.75) is 26.4 Å². The van der Waals surface area contributed by atoms with Crippen LogP contribution in [0.5, 0.6) is 0 Å². The van der Waals surface area contributed by atoms with Gasteiger partial charge in [0.2, 0.25) is 11.6 Å². The van der Waals surface area contributed by atoms with Crippen molar-refractivity contribution in [3.8, 4) is 0 Å². The molecule has 3 aromatic rings. The highest BCUT2D eigenvalue weighted by Gasteiger charge is 2.22. The number of anilines is 3. The Morgan fingerprint density at radius 1 is 0.806 bits per heavy atom. The van der Waals surface area contributed by atoms with E-state index in [0.29, 0.717) is 5.69 Å². The molecule has 3 heterocycles. The van der Waals surface area contributed by atoms with E-state index >= 15 is 0 Å². The van der Waals surface area contributed by atoms with E-state index < -0.39 is 29.5 Å². The zero-order valence-electron chi connectivity index (χ0n) is 21.0. The lowest BCUT2D eigenvalue weighted by Crippen LogP contribution is -2.27. The summed E-state index contributed by atoms with van der Waals surface area (Å²) in [5.41, 5.74) is -0.0580. The number of nitrogens with zero attached hydrogens (tertiary/aromatic N) is 5. The topological polar surface area (TPSA) is 163 Å². The molecule has 3 aromatic heterocycles. The van der Waals surface area contributed by atoms with Crippen LogP contribution in [0.4, 0.5) is 22.1 Å². The van der Waals surface area contributed by atoms with E-state index in [1.54, 1.807) is 48.1 Å². The van der Waals surface area contributed by atoms with E-state index in [9.17, 15) is 19.2 Å². The molecule has 0 radical (unpaired) electrons. The Kier molecular flexibility index (Phi) is 7.17. The second-order valence-electron chi connectivity index (χ2n) is 8.87. The fraction of sp³-hybridized carbons (Fsp3) is 0.364. The van der Waals surface area contributed by atoms with Crippen LogP contribution in [0.3, 0.4) is 0 Å². The number of rotatable bonds is 6. The monoisotopic (exact) mass is 500 g/mol. The summed E-state index contributed by atoms with van der Waals surface area (Å²) in [6.07, 6.45) is 3.77. The Labute approximate surface area is 206 Å². The Balaban J connectivity index is 1.68. The van der Waals surface area contributed by atoms with E-state index in [0.717, 1.165) is 0 Å². The van der Waals surface area contributed by atoms with E-state index in [1.807, 2.05) is 0 Å². The molecule has 0 spiro atoms. The molecule has 0 aliphatic rings. The Morgan fingerprint density at radius 3 is 1.86 bits per heavy atom. The number of aryl methyl sites for hydroxylation is 3. The maximum Gasteiger partial charge on any atom is 0.413 e. The zero-order chi connectivity index (χ0) is 26.8. The summed E-state index contributed by atoms with van der Waals surface area (Å²) >= 11 is 0. The van der Waals surface area contributed by atoms with Gasteiger partial charge in [-0.25, -0.2) is 19.6 Å². The number of carbonyl (C=O) groups excluding carboxylic acids is 4. The maximum absolute atomic E-state index is 12.7. The number of esters is 1. The van der Waals surface area contributed by atoms with Crippen LogP contribution in [0.25, 0.3) is 0 Å². The number of methoxy groups -OCH3 is 1. The summed E-state index contributed by atoms with van der Waals surface area (Å²) < 4.78 is 14.3. The van der Waals surface area contributed by atoms with Gasteiger partial charge in [0.25, 0.3) is 11.8 Å². The molecule has 192 valence electrons. The maximum atomic E-state index is 12.7. The lowest BCUT2D eigenvalue weighted by atomic mass is 10.2. The first kappa shape index (κ1) is 26.0. The number of amides is 3. The van der Waals surface area contributed by atoms with Crippen LogP contribution in [-0.4, -0.2) is 60.3 Å². The van der Waals surface area contributed by atoms with Gasteiger partial charge >= 0.3 is 12.1 Å². The fourth-order valence-electron chi connectivity index (χ4n) is 3.18. The largest absolute Gasteiger partial charge is 0.464 e. The first-order valence-corrected chi connectivity index (χ1v) is 10.7. The van der Waals surface area contributed by atoms with Crippen LogP contribution in [-0.2, 0) is 30.6 Å². The van der Waals surface area contributed by atoms with Gasteiger partial charge in [-0.2, -0.15) is 0 Å². The van der Waals surface area contributed by atoms with Gasteiger partial charge in [0.15, 0.2) is 11.6 Å². The lowest BCUT2D eigenvalue weighted by molar-refractivity contribution is 0.0587. The van der Waals surface area contributed by atoms with E-state index in [2.05, 4.69) is 25.9 Å². The smallest absolute Gasteiger partial charge is 0.413 e. The Hall–Kier alpha value is -4.62. The highest BCUT2D eigenvalue weighted by Crippen LogP contribution is 2.17. The van der Waals surface area contributed by atoms with Crippen molar-refractivity contribution < 1.29 is 28.7 Å². The van der Waals surface area contributed by atoms with Gasteiger partial charge in [-0.05, 0) is 26.8 Å². The number of aromatic nitrogens is 5. The lowest BCUT2D eigenvalue weighted by Gasteiger charge is -2.18. The van der Waals surface area contributed by atoms with Gasteiger partial charge in [0, 0.05) is 39.7 Å². The van der Waals surface area contributed by atoms with Crippen molar-refractivity contribution in [1.29, 1.82) is 0 Å².